The monoisotopic (exact) mass is 350 g/mol. The topological polar surface area (TPSA) is 67.4 Å². The van der Waals surface area contributed by atoms with Gasteiger partial charge in [-0.3, -0.25) is 10.3 Å². The molecule has 130 valence electrons. The molecule has 0 aliphatic carbocycles. The van der Waals surface area contributed by atoms with E-state index in [1.54, 1.807) is 6.21 Å². The van der Waals surface area contributed by atoms with Gasteiger partial charge < -0.3 is 19.5 Å². The minimum atomic E-state index is 0.511. The molecule has 0 atom stereocenters. The van der Waals surface area contributed by atoms with Gasteiger partial charge in [0.25, 0.3) is 0 Å². The maximum atomic E-state index is 5.54. The van der Waals surface area contributed by atoms with Gasteiger partial charge in [0.05, 0.1) is 19.4 Å². The highest BCUT2D eigenvalue weighted by Crippen LogP contribution is 2.30. The highest BCUT2D eigenvalue weighted by molar-refractivity contribution is 7.80. The number of rotatable bonds is 5. The molecule has 2 aliphatic heterocycles. The van der Waals surface area contributed by atoms with Crippen LogP contribution in [0, 0.1) is 0 Å². The van der Waals surface area contributed by atoms with Gasteiger partial charge in [-0.05, 0) is 36.0 Å². The van der Waals surface area contributed by atoms with Crippen molar-refractivity contribution in [3.63, 3.8) is 0 Å². The third-order valence-electron chi connectivity index (χ3n) is 3.76. The van der Waals surface area contributed by atoms with Crippen LogP contribution in [0.5, 0.6) is 11.5 Å². The van der Waals surface area contributed by atoms with Gasteiger partial charge in [-0.15, -0.1) is 0 Å². The Labute approximate surface area is 146 Å². The van der Waals surface area contributed by atoms with Gasteiger partial charge in [-0.1, -0.05) is 0 Å². The van der Waals surface area contributed by atoms with Crippen molar-refractivity contribution in [2.24, 2.45) is 5.10 Å². The SMILES string of the molecule is S=C(NCCN1CCOCC1)N/N=C/c1ccc2c(c1)OCCO2. The lowest BCUT2D eigenvalue weighted by atomic mass is 10.2. The average Bonchev–Trinajstić information content (AvgIpc) is 2.62. The van der Waals surface area contributed by atoms with Crippen molar-refractivity contribution in [1.82, 2.24) is 15.6 Å². The zero-order chi connectivity index (χ0) is 16.6. The van der Waals surface area contributed by atoms with Gasteiger partial charge in [0.2, 0.25) is 0 Å². The molecule has 2 aliphatic rings. The fourth-order valence-electron chi connectivity index (χ4n) is 2.50. The Morgan fingerprint density at radius 1 is 1.17 bits per heavy atom. The fourth-order valence-corrected chi connectivity index (χ4v) is 2.65. The van der Waals surface area contributed by atoms with E-state index in [1.807, 2.05) is 18.2 Å². The molecule has 3 rings (SSSR count). The second kappa shape index (κ2) is 8.81. The molecular weight excluding hydrogens is 328 g/mol. The van der Waals surface area contributed by atoms with Crippen molar-refractivity contribution < 1.29 is 14.2 Å². The van der Waals surface area contributed by atoms with E-state index in [-0.39, 0.29) is 0 Å². The van der Waals surface area contributed by atoms with Gasteiger partial charge in [0.15, 0.2) is 16.6 Å². The number of thiocarbonyl (C=S) groups is 1. The first kappa shape index (κ1) is 16.9. The van der Waals surface area contributed by atoms with Crippen molar-refractivity contribution in [3.05, 3.63) is 23.8 Å². The van der Waals surface area contributed by atoms with E-state index in [4.69, 9.17) is 26.4 Å². The van der Waals surface area contributed by atoms with Crippen molar-refractivity contribution in [3.8, 4) is 11.5 Å². The van der Waals surface area contributed by atoms with E-state index in [0.717, 1.165) is 56.5 Å². The summed E-state index contributed by atoms with van der Waals surface area (Å²) >= 11 is 5.21. The Bertz CT molecular complexity index is 591. The predicted molar refractivity (Wildman–Crippen MR) is 96.0 cm³/mol. The Morgan fingerprint density at radius 3 is 2.79 bits per heavy atom. The van der Waals surface area contributed by atoms with Gasteiger partial charge in [0.1, 0.15) is 13.2 Å². The van der Waals surface area contributed by atoms with Crippen LogP contribution >= 0.6 is 12.2 Å². The summed E-state index contributed by atoms with van der Waals surface area (Å²) < 4.78 is 16.4. The van der Waals surface area contributed by atoms with E-state index in [2.05, 4.69) is 20.7 Å². The van der Waals surface area contributed by atoms with Crippen LogP contribution in [0.25, 0.3) is 0 Å². The second-order valence-corrected chi connectivity index (χ2v) is 5.89. The molecule has 0 spiro atoms. The van der Waals surface area contributed by atoms with Gasteiger partial charge in [0, 0.05) is 26.2 Å². The minimum absolute atomic E-state index is 0.511. The zero-order valence-electron chi connectivity index (χ0n) is 13.5. The standard InChI is InChI=1S/C16H22N4O3S/c24-16(17-3-4-20-5-7-21-8-6-20)19-18-12-13-1-2-14-15(11-13)23-10-9-22-14/h1-2,11-12H,3-10H2,(H2,17,19,24)/b18-12+. The average molecular weight is 350 g/mol. The number of nitrogens with zero attached hydrogens (tertiary/aromatic N) is 2. The molecule has 1 saturated heterocycles. The molecule has 8 heteroatoms. The molecule has 1 aromatic rings. The normalized spacial score (nSPS) is 17.7. The van der Waals surface area contributed by atoms with Gasteiger partial charge in [-0.25, -0.2) is 0 Å². The van der Waals surface area contributed by atoms with Gasteiger partial charge >= 0.3 is 0 Å². The molecule has 0 unspecified atom stereocenters. The molecule has 1 fully saturated rings. The van der Waals surface area contributed by atoms with Crippen LogP contribution < -0.4 is 20.2 Å². The Morgan fingerprint density at radius 2 is 1.96 bits per heavy atom. The summed E-state index contributed by atoms with van der Waals surface area (Å²) in [5, 5.41) is 7.80. The molecule has 24 heavy (non-hydrogen) atoms. The van der Waals surface area contributed by atoms with Crippen molar-refractivity contribution in [1.29, 1.82) is 0 Å². The number of hydrazone groups is 1. The third-order valence-corrected chi connectivity index (χ3v) is 4.00. The Kier molecular flexibility index (Phi) is 6.22. The molecule has 0 aromatic heterocycles. The number of benzene rings is 1. The lowest BCUT2D eigenvalue weighted by molar-refractivity contribution is 0.0389. The second-order valence-electron chi connectivity index (χ2n) is 5.48. The van der Waals surface area contributed by atoms with E-state index in [9.17, 15) is 0 Å². The number of nitrogens with one attached hydrogen (secondary N) is 2. The van der Waals surface area contributed by atoms with Crippen molar-refractivity contribution in [2.75, 3.05) is 52.6 Å². The minimum Gasteiger partial charge on any atom is -0.486 e. The number of ether oxygens (including phenoxy) is 3. The van der Waals surface area contributed by atoms with E-state index in [1.165, 1.54) is 0 Å². The lowest BCUT2D eigenvalue weighted by Gasteiger charge is -2.26. The summed E-state index contributed by atoms with van der Waals surface area (Å²) in [6.45, 7) is 6.46. The number of hydrogen-bond donors (Lipinski definition) is 2. The van der Waals surface area contributed by atoms with E-state index in [0.29, 0.717) is 18.3 Å². The highest BCUT2D eigenvalue weighted by Gasteiger charge is 2.11. The summed E-state index contributed by atoms with van der Waals surface area (Å²) in [7, 11) is 0. The quantitative estimate of drug-likeness (QED) is 0.458. The molecule has 0 amide bonds. The van der Waals surface area contributed by atoms with E-state index >= 15 is 0 Å². The molecule has 0 saturated carbocycles. The maximum absolute atomic E-state index is 5.54. The maximum Gasteiger partial charge on any atom is 0.187 e. The first-order chi connectivity index (χ1) is 11.8. The van der Waals surface area contributed by atoms with E-state index < -0.39 is 0 Å². The van der Waals surface area contributed by atoms with Crippen LogP contribution in [0.1, 0.15) is 5.56 Å². The van der Waals surface area contributed by atoms with Crippen LogP contribution in [0.3, 0.4) is 0 Å². The first-order valence-corrected chi connectivity index (χ1v) is 8.49. The summed E-state index contributed by atoms with van der Waals surface area (Å²) in [6, 6.07) is 5.71. The summed E-state index contributed by atoms with van der Waals surface area (Å²) in [5.74, 6) is 1.52. The van der Waals surface area contributed by atoms with Crippen LogP contribution in [-0.2, 0) is 4.74 Å². The fraction of sp³-hybridized carbons (Fsp3) is 0.500. The molecule has 0 radical (unpaired) electrons. The predicted octanol–water partition coefficient (Wildman–Crippen LogP) is 0.588. The van der Waals surface area contributed by atoms with Gasteiger partial charge in [-0.2, -0.15) is 5.10 Å². The number of fused-ring (bicyclic) bond motifs is 1. The smallest absolute Gasteiger partial charge is 0.187 e. The molecule has 2 heterocycles. The highest BCUT2D eigenvalue weighted by atomic mass is 32.1. The third kappa shape index (κ3) is 5.05. The molecular formula is C16H22N4O3S. The lowest BCUT2D eigenvalue weighted by Crippen LogP contribution is -2.42. The first-order valence-electron chi connectivity index (χ1n) is 8.08. The summed E-state index contributed by atoms with van der Waals surface area (Å²) in [5.41, 5.74) is 3.74. The van der Waals surface area contributed by atoms with Crippen molar-refractivity contribution in [2.45, 2.75) is 0 Å². The number of morpholine rings is 1. The Hall–Kier alpha value is -1.90. The number of hydrogen-bond acceptors (Lipinski definition) is 6. The van der Waals surface area contributed by atoms with Crippen LogP contribution in [-0.4, -0.2) is 68.8 Å². The largest absolute Gasteiger partial charge is 0.486 e. The summed E-state index contributed by atoms with van der Waals surface area (Å²) in [6.07, 6.45) is 1.70. The van der Waals surface area contributed by atoms with Crippen molar-refractivity contribution >= 4 is 23.5 Å². The van der Waals surface area contributed by atoms with Crippen LogP contribution in [0.4, 0.5) is 0 Å². The Balaban J connectivity index is 1.38. The zero-order valence-corrected chi connectivity index (χ0v) is 14.3. The van der Waals surface area contributed by atoms with Crippen LogP contribution in [0.2, 0.25) is 0 Å². The summed E-state index contributed by atoms with van der Waals surface area (Å²) in [4.78, 5) is 2.34. The molecule has 7 nitrogen and oxygen atoms in total. The molecule has 1 aromatic carbocycles. The van der Waals surface area contributed by atoms with Crippen LogP contribution in [0.15, 0.2) is 23.3 Å². The molecule has 2 N–H and O–H groups in total. The molecule has 0 bridgehead atoms.